The van der Waals surface area contributed by atoms with Crippen molar-refractivity contribution in [3.05, 3.63) is 228 Å². The maximum absolute atomic E-state index is 2.35. The second-order valence-corrected chi connectivity index (χ2v) is 18.8. The molecular formula is C67H70. The summed E-state index contributed by atoms with van der Waals surface area (Å²) in [4.78, 5) is 0. The molecule has 0 N–H and O–H groups in total. The lowest BCUT2D eigenvalue weighted by Crippen LogP contribution is -2.13. The van der Waals surface area contributed by atoms with E-state index in [1.165, 1.54) is 117 Å². The first-order valence-electron chi connectivity index (χ1n) is 24.7. The lowest BCUT2D eigenvalue weighted by Gasteiger charge is -2.24. The summed E-state index contributed by atoms with van der Waals surface area (Å²) in [6.07, 6.45) is 4.62. The summed E-state index contributed by atoms with van der Waals surface area (Å²) < 4.78 is 0. The van der Waals surface area contributed by atoms with Crippen molar-refractivity contribution < 1.29 is 0 Å². The molecule has 1 aliphatic rings. The quantitative estimate of drug-likeness (QED) is 0.143. The van der Waals surface area contributed by atoms with E-state index in [9.17, 15) is 0 Å². The van der Waals surface area contributed by atoms with Crippen molar-refractivity contribution >= 4 is 10.8 Å². The van der Waals surface area contributed by atoms with Gasteiger partial charge in [0, 0.05) is 0 Å². The molecule has 0 heteroatoms. The van der Waals surface area contributed by atoms with Crippen LogP contribution < -0.4 is 0 Å². The molecule has 0 nitrogen and oxygen atoms in total. The van der Waals surface area contributed by atoms with Crippen molar-refractivity contribution in [2.75, 3.05) is 0 Å². The van der Waals surface area contributed by atoms with Gasteiger partial charge in [-0.3, -0.25) is 0 Å². The van der Waals surface area contributed by atoms with E-state index in [1.54, 1.807) is 0 Å². The second kappa shape index (κ2) is 22.2. The Morgan fingerprint density at radius 3 is 1.43 bits per heavy atom. The summed E-state index contributed by atoms with van der Waals surface area (Å²) >= 11 is 0. The Morgan fingerprint density at radius 2 is 0.836 bits per heavy atom. The van der Waals surface area contributed by atoms with E-state index < -0.39 is 0 Å². The highest BCUT2D eigenvalue weighted by atomic mass is 14.3. The lowest BCUT2D eigenvalue weighted by molar-refractivity contribution is 0.592. The van der Waals surface area contributed by atoms with Crippen LogP contribution in [-0.4, -0.2) is 0 Å². The van der Waals surface area contributed by atoms with Gasteiger partial charge < -0.3 is 0 Å². The Labute approximate surface area is 403 Å². The number of aryl methyl sites for hydroxylation is 4. The Bertz CT molecular complexity index is 3000. The molecule has 0 bridgehead atoms. The first-order chi connectivity index (χ1) is 32.5. The molecule has 67 heavy (non-hydrogen) atoms. The van der Waals surface area contributed by atoms with Gasteiger partial charge in [0.25, 0.3) is 0 Å². The molecule has 9 aromatic rings. The molecule has 1 aliphatic carbocycles. The van der Waals surface area contributed by atoms with Crippen molar-refractivity contribution in [3.63, 3.8) is 0 Å². The number of hydrogen-bond acceptors (Lipinski definition) is 0. The molecular weight excluding hydrogens is 805 g/mol. The van der Waals surface area contributed by atoms with Crippen LogP contribution in [-0.2, 0) is 18.3 Å². The van der Waals surface area contributed by atoms with Gasteiger partial charge >= 0.3 is 0 Å². The van der Waals surface area contributed by atoms with E-state index in [-0.39, 0.29) is 5.41 Å². The molecule has 0 fully saturated rings. The monoisotopic (exact) mass is 875 g/mol. The molecule has 0 aromatic heterocycles. The van der Waals surface area contributed by atoms with Gasteiger partial charge in [-0.05, 0) is 139 Å². The minimum absolute atomic E-state index is 0.102. The van der Waals surface area contributed by atoms with E-state index in [1.807, 2.05) is 13.8 Å². The van der Waals surface area contributed by atoms with Gasteiger partial charge in [0.1, 0.15) is 0 Å². The van der Waals surface area contributed by atoms with Crippen molar-refractivity contribution in [2.24, 2.45) is 0 Å². The average molecular weight is 875 g/mol. The highest BCUT2D eigenvalue weighted by Gasteiger charge is 2.22. The topological polar surface area (TPSA) is 0 Å². The summed E-state index contributed by atoms with van der Waals surface area (Å²) in [7, 11) is 0. The number of rotatable bonds is 8. The molecule has 0 unspecified atom stereocenters. The van der Waals surface area contributed by atoms with Crippen molar-refractivity contribution in [1.29, 1.82) is 0 Å². The van der Waals surface area contributed by atoms with E-state index in [2.05, 4.69) is 250 Å². The molecule has 0 radical (unpaired) electrons. The molecule has 9 aromatic carbocycles. The standard InChI is InChI=1S/2C23H24.C19H16.C2H6/c1-17-10-12-19(13-11-17)21-15-14-20(16-22(21)23(2,3)4)18-8-6-5-7-9-18;1-4-8-22-21(19-15-13-17(2)14-16-19)11-7-12-23(22)20-10-6-5-9-18(20)3;1-2-6-13-11-12-18-16-8-4-3-7-15(16)17-10-5-9-14(13)19(17)18;1-2/h5-16H,1-4H3;5-7,9-16H,4,8H2,1-3H3;3-5,7-12H,2,6H2,1H3;1-2H3. The smallest absolute Gasteiger partial charge is 0.00236 e. The van der Waals surface area contributed by atoms with Crippen LogP contribution >= 0.6 is 0 Å². The molecule has 0 amide bonds. The fraction of sp³-hybridized carbons (Fsp3) is 0.224. The van der Waals surface area contributed by atoms with Gasteiger partial charge in [-0.2, -0.15) is 0 Å². The number of fused-ring (bicyclic) bond motifs is 3. The van der Waals surface area contributed by atoms with Crippen LogP contribution in [0.5, 0.6) is 0 Å². The predicted octanol–water partition coefficient (Wildman–Crippen LogP) is 19.7. The minimum atomic E-state index is 0.102. The Balaban J connectivity index is 0.000000147. The van der Waals surface area contributed by atoms with Gasteiger partial charge in [0.15, 0.2) is 0 Å². The van der Waals surface area contributed by atoms with Gasteiger partial charge in [-0.15, -0.1) is 0 Å². The predicted molar refractivity (Wildman–Crippen MR) is 295 cm³/mol. The Kier molecular flexibility index (Phi) is 15.9. The zero-order chi connectivity index (χ0) is 47.5. The highest BCUT2D eigenvalue weighted by Crippen LogP contribution is 2.48. The number of hydrogen-bond donors (Lipinski definition) is 0. The summed E-state index contributed by atoms with van der Waals surface area (Å²) in [6, 6.07) is 70.7. The second-order valence-electron chi connectivity index (χ2n) is 18.8. The van der Waals surface area contributed by atoms with Crippen molar-refractivity contribution in [3.8, 4) is 66.8 Å². The summed E-state index contributed by atoms with van der Waals surface area (Å²) in [5, 5.41) is 2.89. The van der Waals surface area contributed by atoms with Crippen molar-refractivity contribution in [2.45, 2.75) is 100 Å². The van der Waals surface area contributed by atoms with Crippen LogP contribution in [0.15, 0.2) is 194 Å². The van der Waals surface area contributed by atoms with Crippen LogP contribution in [0.2, 0.25) is 0 Å². The molecule has 338 valence electrons. The highest BCUT2D eigenvalue weighted by molar-refractivity contribution is 6.16. The molecule has 0 saturated heterocycles. The summed E-state index contributed by atoms with van der Waals surface area (Å²) in [5.41, 5.74) is 24.6. The van der Waals surface area contributed by atoms with Crippen LogP contribution in [0.25, 0.3) is 77.5 Å². The van der Waals surface area contributed by atoms with Crippen LogP contribution in [0.1, 0.15) is 94.7 Å². The largest absolute Gasteiger partial charge is 0.0683 e. The van der Waals surface area contributed by atoms with E-state index in [0.717, 1.165) is 19.3 Å². The van der Waals surface area contributed by atoms with E-state index >= 15 is 0 Å². The first-order valence-corrected chi connectivity index (χ1v) is 24.7. The van der Waals surface area contributed by atoms with E-state index in [4.69, 9.17) is 0 Å². The molecule has 10 rings (SSSR count). The SMILES string of the molecule is CC.CCCc1c(-c2ccc(C)cc2)cccc1-c1ccccc1C.CCCc1ccc2c3c(cccc13)-c1ccccc1-2.Cc1ccc(-c2ccc(-c3ccccc3)cc2C(C)(C)C)cc1. The van der Waals surface area contributed by atoms with Gasteiger partial charge in [0.2, 0.25) is 0 Å². The van der Waals surface area contributed by atoms with Gasteiger partial charge in [-0.1, -0.05) is 267 Å². The van der Waals surface area contributed by atoms with E-state index in [0.29, 0.717) is 0 Å². The zero-order valence-electron chi connectivity index (χ0n) is 41.8. The lowest BCUT2D eigenvalue weighted by atomic mass is 9.80. The molecule has 0 spiro atoms. The molecule has 0 saturated carbocycles. The third-order valence-corrected chi connectivity index (χ3v) is 12.9. The number of benzene rings is 9. The maximum atomic E-state index is 2.35. The maximum Gasteiger partial charge on any atom is -0.00236 e. The third kappa shape index (κ3) is 10.9. The van der Waals surface area contributed by atoms with Crippen LogP contribution in [0.4, 0.5) is 0 Å². The van der Waals surface area contributed by atoms with Crippen LogP contribution in [0.3, 0.4) is 0 Å². The first kappa shape index (κ1) is 48.2. The Hall–Kier alpha value is -6.76. The Morgan fingerprint density at radius 1 is 0.358 bits per heavy atom. The fourth-order valence-corrected chi connectivity index (χ4v) is 9.55. The van der Waals surface area contributed by atoms with Crippen LogP contribution in [0, 0.1) is 20.8 Å². The van der Waals surface area contributed by atoms with Gasteiger partial charge in [-0.25, -0.2) is 0 Å². The zero-order valence-corrected chi connectivity index (χ0v) is 41.8. The summed E-state index contributed by atoms with van der Waals surface area (Å²) in [5.74, 6) is 0. The minimum Gasteiger partial charge on any atom is -0.0683 e. The molecule has 0 aliphatic heterocycles. The average Bonchev–Trinajstić information content (AvgIpc) is 3.69. The molecule has 0 heterocycles. The fourth-order valence-electron chi connectivity index (χ4n) is 9.55. The van der Waals surface area contributed by atoms with Crippen molar-refractivity contribution in [1.82, 2.24) is 0 Å². The third-order valence-electron chi connectivity index (χ3n) is 12.9. The molecule has 0 atom stereocenters. The normalized spacial score (nSPS) is 11.1. The van der Waals surface area contributed by atoms with Gasteiger partial charge in [0.05, 0.1) is 0 Å². The summed E-state index contributed by atoms with van der Waals surface area (Å²) in [6.45, 7) is 21.8.